The first-order chi connectivity index (χ1) is 7.23. The molecular weight excluding hydrogens is 237 g/mol. The molecule has 2 N–H and O–H groups in total. The molecule has 0 bridgehead atoms. The molecule has 0 unspecified atom stereocenters. The maximum Gasteiger partial charge on any atom is 0.495 e. The van der Waals surface area contributed by atoms with Crippen molar-refractivity contribution >= 4 is 28.1 Å². The van der Waals surface area contributed by atoms with Crippen LogP contribution in [-0.4, -0.2) is 36.8 Å². The first-order valence-electron chi connectivity index (χ1n) is 4.08. The fourth-order valence-electron chi connectivity index (χ4n) is 1.13. The van der Waals surface area contributed by atoms with E-state index in [9.17, 15) is 18.5 Å². The molecule has 0 atom stereocenters. The van der Waals surface area contributed by atoms with Gasteiger partial charge in [0.05, 0.1) is 15.3 Å². The summed E-state index contributed by atoms with van der Waals surface area (Å²) in [4.78, 5) is 9.48. The molecular formula is C7H8BNO6S. The van der Waals surface area contributed by atoms with E-state index in [2.05, 4.69) is 0 Å². The Bertz CT molecular complexity index is 526. The molecule has 0 aliphatic carbocycles. The van der Waals surface area contributed by atoms with E-state index in [0.29, 0.717) is 0 Å². The largest absolute Gasteiger partial charge is 0.495 e. The van der Waals surface area contributed by atoms with Crippen molar-refractivity contribution < 1.29 is 23.4 Å². The summed E-state index contributed by atoms with van der Waals surface area (Å²) in [5.41, 5.74) is -0.990. The van der Waals surface area contributed by atoms with Gasteiger partial charge in [-0.15, -0.1) is 0 Å². The topological polar surface area (TPSA) is 118 Å². The lowest BCUT2D eigenvalue weighted by atomic mass is 9.79. The minimum Gasteiger partial charge on any atom is -0.423 e. The van der Waals surface area contributed by atoms with Crippen LogP contribution < -0.4 is 5.46 Å². The smallest absolute Gasteiger partial charge is 0.423 e. The number of hydrogen-bond acceptors (Lipinski definition) is 6. The van der Waals surface area contributed by atoms with Crippen LogP contribution in [0, 0.1) is 10.1 Å². The molecule has 0 amide bonds. The first-order valence-corrected chi connectivity index (χ1v) is 5.97. The average molecular weight is 245 g/mol. The highest BCUT2D eigenvalue weighted by molar-refractivity contribution is 7.90. The fraction of sp³-hybridized carbons (Fsp3) is 0.143. The van der Waals surface area contributed by atoms with Gasteiger partial charge in [-0.05, 0) is 6.07 Å². The van der Waals surface area contributed by atoms with Crippen LogP contribution in [0.25, 0.3) is 0 Å². The molecule has 0 saturated carbocycles. The van der Waals surface area contributed by atoms with Crippen molar-refractivity contribution in [3.63, 3.8) is 0 Å². The zero-order valence-electron chi connectivity index (χ0n) is 8.19. The first kappa shape index (κ1) is 12.6. The van der Waals surface area contributed by atoms with E-state index in [-0.39, 0.29) is 10.4 Å². The molecule has 1 aromatic rings. The van der Waals surface area contributed by atoms with Crippen LogP contribution in [0.1, 0.15) is 0 Å². The predicted octanol–water partition coefficient (Wildman–Crippen LogP) is -1.32. The zero-order valence-corrected chi connectivity index (χ0v) is 9.01. The summed E-state index contributed by atoms with van der Waals surface area (Å²) in [6, 6.07) is 2.88. The van der Waals surface area contributed by atoms with Gasteiger partial charge in [-0.25, -0.2) is 8.42 Å². The van der Waals surface area contributed by atoms with Crippen molar-refractivity contribution in [3.05, 3.63) is 28.3 Å². The Kier molecular flexibility index (Phi) is 3.31. The number of sulfone groups is 1. The van der Waals surface area contributed by atoms with Gasteiger partial charge in [-0.1, -0.05) is 6.07 Å². The minimum absolute atomic E-state index is 0.247. The molecule has 0 spiro atoms. The molecule has 0 aromatic heterocycles. The highest BCUT2D eigenvalue weighted by Crippen LogP contribution is 2.15. The Balaban J connectivity index is 3.46. The average Bonchev–Trinajstić information content (AvgIpc) is 2.15. The van der Waals surface area contributed by atoms with Crippen molar-refractivity contribution in [2.45, 2.75) is 4.90 Å². The number of nitro benzene ring substituents is 1. The molecule has 0 aliphatic rings. The Morgan fingerprint density at radius 3 is 2.31 bits per heavy atom. The van der Waals surface area contributed by atoms with Gasteiger partial charge in [-0.3, -0.25) is 10.1 Å². The van der Waals surface area contributed by atoms with Crippen LogP contribution in [0.15, 0.2) is 23.1 Å². The van der Waals surface area contributed by atoms with Gasteiger partial charge in [0.1, 0.15) is 0 Å². The quantitative estimate of drug-likeness (QED) is 0.387. The van der Waals surface area contributed by atoms with Crippen LogP contribution in [0.4, 0.5) is 5.69 Å². The van der Waals surface area contributed by atoms with Gasteiger partial charge in [0.2, 0.25) is 0 Å². The van der Waals surface area contributed by atoms with Gasteiger partial charge in [-0.2, -0.15) is 0 Å². The number of benzene rings is 1. The van der Waals surface area contributed by atoms with E-state index < -0.39 is 27.6 Å². The van der Waals surface area contributed by atoms with Crippen molar-refractivity contribution in [1.29, 1.82) is 0 Å². The maximum absolute atomic E-state index is 11.1. The van der Waals surface area contributed by atoms with Crippen LogP contribution in [0.5, 0.6) is 0 Å². The molecule has 1 rings (SSSR count). The van der Waals surface area contributed by atoms with Crippen LogP contribution >= 0.6 is 0 Å². The fourth-order valence-corrected chi connectivity index (χ4v) is 1.77. The van der Waals surface area contributed by atoms with E-state index in [1.54, 1.807) is 0 Å². The standard InChI is InChI=1S/C7H8BNO6S/c1-16(14,15)5-2-3-6(8(10)11)7(4-5)9(12)13/h2-4,10-11H,1H3. The molecule has 9 heteroatoms. The molecule has 0 fully saturated rings. The Labute approximate surface area is 91.6 Å². The minimum atomic E-state index is -3.57. The summed E-state index contributed by atoms with van der Waals surface area (Å²) in [6.07, 6.45) is 0.904. The van der Waals surface area contributed by atoms with E-state index in [1.807, 2.05) is 0 Å². The molecule has 0 aliphatic heterocycles. The lowest BCUT2D eigenvalue weighted by Crippen LogP contribution is -2.32. The third-order valence-electron chi connectivity index (χ3n) is 1.90. The summed E-state index contributed by atoms with van der Waals surface area (Å²) in [5, 5.41) is 28.3. The van der Waals surface area contributed by atoms with Crippen LogP contribution in [0.3, 0.4) is 0 Å². The third-order valence-corrected chi connectivity index (χ3v) is 3.02. The number of hydrogen-bond donors (Lipinski definition) is 2. The second kappa shape index (κ2) is 4.20. The van der Waals surface area contributed by atoms with Gasteiger partial charge >= 0.3 is 7.12 Å². The Hall–Kier alpha value is -1.45. The van der Waals surface area contributed by atoms with Gasteiger partial charge < -0.3 is 10.0 Å². The van der Waals surface area contributed by atoms with E-state index in [0.717, 1.165) is 24.5 Å². The second-order valence-corrected chi connectivity index (χ2v) is 5.14. The van der Waals surface area contributed by atoms with Gasteiger partial charge in [0.25, 0.3) is 5.69 Å². The number of nitrogens with zero attached hydrogens (tertiary/aromatic N) is 1. The van der Waals surface area contributed by atoms with Gasteiger partial charge in [0.15, 0.2) is 9.84 Å². The Morgan fingerprint density at radius 2 is 1.94 bits per heavy atom. The van der Waals surface area contributed by atoms with E-state index >= 15 is 0 Å². The molecule has 0 saturated heterocycles. The van der Waals surface area contributed by atoms with Crippen molar-refractivity contribution in [3.8, 4) is 0 Å². The van der Waals surface area contributed by atoms with Crippen molar-refractivity contribution in [1.82, 2.24) is 0 Å². The number of rotatable bonds is 3. The lowest BCUT2D eigenvalue weighted by molar-refractivity contribution is -0.383. The molecule has 86 valence electrons. The molecule has 1 aromatic carbocycles. The maximum atomic E-state index is 11.1. The van der Waals surface area contributed by atoms with Gasteiger partial charge in [0, 0.05) is 12.3 Å². The molecule has 7 nitrogen and oxygen atoms in total. The third kappa shape index (κ3) is 2.57. The van der Waals surface area contributed by atoms with Crippen molar-refractivity contribution in [2.75, 3.05) is 6.26 Å². The lowest BCUT2D eigenvalue weighted by Gasteiger charge is -2.03. The van der Waals surface area contributed by atoms with E-state index in [1.165, 1.54) is 0 Å². The molecule has 0 heterocycles. The van der Waals surface area contributed by atoms with Crippen LogP contribution in [0.2, 0.25) is 0 Å². The number of nitro groups is 1. The summed E-state index contributed by atoms with van der Waals surface area (Å²) >= 11 is 0. The second-order valence-electron chi connectivity index (χ2n) is 3.12. The monoisotopic (exact) mass is 245 g/mol. The zero-order chi connectivity index (χ0) is 12.5. The molecule has 0 radical (unpaired) electrons. The SMILES string of the molecule is CS(=O)(=O)c1ccc(B(O)O)c([N+](=O)[O-])c1. The Morgan fingerprint density at radius 1 is 1.38 bits per heavy atom. The van der Waals surface area contributed by atoms with Crippen LogP contribution in [-0.2, 0) is 9.84 Å². The summed E-state index contributed by atoms with van der Waals surface area (Å²) < 4.78 is 22.3. The molecule has 16 heavy (non-hydrogen) atoms. The highest BCUT2D eigenvalue weighted by Gasteiger charge is 2.25. The highest BCUT2D eigenvalue weighted by atomic mass is 32.2. The summed E-state index contributed by atoms with van der Waals surface area (Å²) in [5.74, 6) is 0. The van der Waals surface area contributed by atoms with E-state index in [4.69, 9.17) is 10.0 Å². The van der Waals surface area contributed by atoms with Crippen molar-refractivity contribution in [2.24, 2.45) is 0 Å². The normalized spacial score (nSPS) is 11.2. The summed E-state index contributed by atoms with van der Waals surface area (Å²) in [6.45, 7) is 0. The summed E-state index contributed by atoms with van der Waals surface area (Å²) in [7, 11) is -5.59. The predicted molar refractivity (Wildman–Crippen MR) is 56.0 cm³/mol.